The molecule has 1 aromatic rings. The molecule has 1 heterocycles. The normalized spacial score (nSPS) is 15.3. The number of rotatable bonds is 1. The Bertz CT molecular complexity index is 395. The van der Waals surface area contributed by atoms with Gasteiger partial charge < -0.3 is 5.32 Å². The van der Waals surface area contributed by atoms with Crippen molar-refractivity contribution in [3.63, 3.8) is 0 Å². The average molecular weight is 275 g/mol. The predicted molar refractivity (Wildman–Crippen MR) is 59.2 cm³/mol. The van der Waals surface area contributed by atoms with Crippen LogP contribution in [0, 0.1) is 11.6 Å². The Labute approximate surface area is 94.5 Å². The van der Waals surface area contributed by atoms with Gasteiger partial charge in [0.05, 0.1) is 5.69 Å². The Hall–Kier alpha value is -0.970. The molecular weight excluding hydrogens is 266 g/mol. The first-order valence-corrected chi connectivity index (χ1v) is 5.41. The van der Waals surface area contributed by atoms with Crippen LogP contribution in [0.2, 0.25) is 0 Å². The van der Waals surface area contributed by atoms with Crippen molar-refractivity contribution < 1.29 is 8.78 Å². The summed E-state index contributed by atoms with van der Waals surface area (Å²) in [6.45, 7) is 0.767. The minimum Gasteiger partial charge on any atom is -0.341 e. The lowest BCUT2D eigenvalue weighted by atomic mass is 10.2. The van der Waals surface area contributed by atoms with E-state index in [9.17, 15) is 8.78 Å². The van der Waals surface area contributed by atoms with Gasteiger partial charge in [0.1, 0.15) is 11.7 Å². The first kappa shape index (κ1) is 10.5. The fraction of sp³-hybridized carbons (Fsp3) is 0.300. The van der Waals surface area contributed by atoms with Crippen molar-refractivity contribution in [1.82, 2.24) is 0 Å². The highest BCUT2D eigenvalue weighted by molar-refractivity contribution is 9.10. The summed E-state index contributed by atoms with van der Waals surface area (Å²) in [6, 6.07) is 2.07. The van der Waals surface area contributed by atoms with Crippen molar-refractivity contribution >= 4 is 27.5 Å². The number of nitrogens with one attached hydrogen (secondary N) is 1. The maximum absolute atomic E-state index is 13.4. The van der Waals surface area contributed by atoms with Crippen LogP contribution in [0.15, 0.2) is 21.6 Å². The molecule has 0 aliphatic carbocycles. The van der Waals surface area contributed by atoms with Gasteiger partial charge in [-0.3, -0.25) is 4.99 Å². The second kappa shape index (κ2) is 4.26. The van der Waals surface area contributed by atoms with Crippen LogP contribution in [0.4, 0.5) is 14.5 Å². The fourth-order valence-corrected chi connectivity index (χ4v) is 1.95. The Morgan fingerprint density at radius 2 is 2.13 bits per heavy atom. The molecule has 1 aromatic carbocycles. The molecule has 0 unspecified atom stereocenters. The van der Waals surface area contributed by atoms with E-state index in [1.54, 1.807) is 0 Å². The van der Waals surface area contributed by atoms with E-state index in [1.165, 1.54) is 6.07 Å². The van der Waals surface area contributed by atoms with Crippen LogP contribution in [-0.4, -0.2) is 12.4 Å². The topological polar surface area (TPSA) is 24.4 Å². The van der Waals surface area contributed by atoms with Gasteiger partial charge in [-0.05, 0) is 28.4 Å². The van der Waals surface area contributed by atoms with Crippen LogP contribution in [0.3, 0.4) is 0 Å². The molecule has 5 heteroatoms. The number of aliphatic imine (C=N–C) groups is 1. The molecule has 0 atom stereocenters. The summed E-state index contributed by atoms with van der Waals surface area (Å²) < 4.78 is 26.5. The van der Waals surface area contributed by atoms with Crippen LogP contribution in [-0.2, 0) is 0 Å². The number of anilines is 1. The molecule has 0 amide bonds. The smallest absolute Gasteiger partial charge is 0.150 e. The van der Waals surface area contributed by atoms with Gasteiger partial charge in [0.2, 0.25) is 0 Å². The summed E-state index contributed by atoms with van der Waals surface area (Å²) in [6.07, 6.45) is 1.78. The maximum Gasteiger partial charge on any atom is 0.150 e. The summed E-state index contributed by atoms with van der Waals surface area (Å²) in [5.41, 5.74) is 0.247. The number of nitrogens with zero attached hydrogens (tertiary/aromatic N) is 1. The van der Waals surface area contributed by atoms with Crippen LogP contribution in [0.1, 0.15) is 12.8 Å². The fourth-order valence-electron chi connectivity index (χ4n) is 1.45. The van der Waals surface area contributed by atoms with Gasteiger partial charge in [-0.2, -0.15) is 0 Å². The third-order valence-corrected chi connectivity index (χ3v) is 2.78. The van der Waals surface area contributed by atoms with Gasteiger partial charge in [-0.1, -0.05) is 0 Å². The molecule has 0 bridgehead atoms. The Morgan fingerprint density at radius 1 is 1.33 bits per heavy atom. The average Bonchev–Trinajstić information content (AvgIpc) is 2.63. The number of amidine groups is 1. The molecule has 0 aromatic heterocycles. The maximum atomic E-state index is 13.4. The minimum atomic E-state index is -0.614. The molecule has 15 heavy (non-hydrogen) atoms. The Balaban J connectivity index is 2.27. The van der Waals surface area contributed by atoms with Crippen molar-refractivity contribution in [3.8, 4) is 0 Å². The molecule has 0 spiro atoms. The van der Waals surface area contributed by atoms with Crippen LogP contribution >= 0.6 is 15.9 Å². The zero-order valence-corrected chi connectivity index (χ0v) is 9.44. The van der Waals surface area contributed by atoms with Crippen molar-refractivity contribution in [2.45, 2.75) is 12.8 Å². The summed E-state index contributed by atoms with van der Waals surface area (Å²) >= 11 is 3.11. The lowest BCUT2D eigenvalue weighted by molar-refractivity contribution is 0.585. The van der Waals surface area contributed by atoms with Gasteiger partial charge >= 0.3 is 0 Å². The minimum absolute atomic E-state index is 0.247. The number of halogens is 3. The highest BCUT2D eigenvalue weighted by Crippen LogP contribution is 2.27. The molecule has 2 nitrogen and oxygen atoms in total. The molecule has 0 saturated carbocycles. The van der Waals surface area contributed by atoms with Crippen LogP contribution in [0.5, 0.6) is 0 Å². The lowest BCUT2D eigenvalue weighted by Crippen LogP contribution is -2.10. The van der Waals surface area contributed by atoms with Crippen molar-refractivity contribution in [2.75, 3.05) is 11.9 Å². The quantitative estimate of drug-likeness (QED) is 0.835. The summed E-state index contributed by atoms with van der Waals surface area (Å²) in [5, 5.41) is 2.87. The number of hydrogen-bond acceptors (Lipinski definition) is 2. The van der Waals surface area contributed by atoms with Gasteiger partial charge in [0.25, 0.3) is 0 Å². The van der Waals surface area contributed by atoms with Gasteiger partial charge in [-0.25, -0.2) is 8.78 Å². The zero-order chi connectivity index (χ0) is 10.8. The van der Waals surface area contributed by atoms with E-state index in [4.69, 9.17) is 0 Å². The van der Waals surface area contributed by atoms with Gasteiger partial charge in [-0.15, -0.1) is 0 Å². The standard InChI is InChI=1S/C10H9BrF2N2/c11-7-4-6(12)5-8(13)10(7)15-9-2-1-3-14-9/h4-5H,1-3H2,(H,14,15). The molecule has 0 saturated heterocycles. The van der Waals surface area contributed by atoms with E-state index in [0.29, 0.717) is 4.47 Å². The monoisotopic (exact) mass is 274 g/mol. The van der Waals surface area contributed by atoms with Gasteiger partial charge in [0.15, 0.2) is 5.82 Å². The van der Waals surface area contributed by atoms with E-state index < -0.39 is 11.6 Å². The van der Waals surface area contributed by atoms with E-state index in [-0.39, 0.29) is 5.69 Å². The molecule has 1 aliphatic rings. The van der Waals surface area contributed by atoms with Gasteiger partial charge in [0, 0.05) is 23.5 Å². The highest BCUT2D eigenvalue weighted by Gasteiger charge is 2.13. The zero-order valence-electron chi connectivity index (χ0n) is 7.86. The first-order chi connectivity index (χ1) is 7.16. The second-order valence-corrected chi connectivity index (χ2v) is 4.16. The van der Waals surface area contributed by atoms with E-state index in [2.05, 4.69) is 26.2 Å². The van der Waals surface area contributed by atoms with Crippen LogP contribution < -0.4 is 5.32 Å². The van der Waals surface area contributed by atoms with E-state index in [1.807, 2.05) is 0 Å². The predicted octanol–water partition coefficient (Wildman–Crippen LogP) is 3.33. The first-order valence-electron chi connectivity index (χ1n) is 4.62. The lowest BCUT2D eigenvalue weighted by Gasteiger charge is -2.09. The molecule has 1 aliphatic heterocycles. The van der Waals surface area contributed by atoms with E-state index in [0.717, 1.165) is 31.3 Å². The summed E-state index contributed by atoms with van der Waals surface area (Å²) in [5.74, 6) is -0.462. The van der Waals surface area contributed by atoms with Crippen molar-refractivity contribution in [1.29, 1.82) is 0 Å². The third-order valence-electron chi connectivity index (χ3n) is 2.15. The SMILES string of the molecule is Fc1cc(F)c(NC2=NCCC2)c(Br)c1. The third kappa shape index (κ3) is 2.34. The highest BCUT2D eigenvalue weighted by atomic mass is 79.9. The Morgan fingerprint density at radius 3 is 2.73 bits per heavy atom. The second-order valence-electron chi connectivity index (χ2n) is 3.30. The van der Waals surface area contributed by atoms with Crippen LogP contribution in [0.25, 0.3) is 0 Å². The molecule has 0 radical (unpaired) electrons. The van der Waals surface area contributed by atoms with E-state index >= 15 is 0 Å². The largest absolute Gasteiger partial charge is 0.341 e. The molecular formula is C10H9BrF2N2. The van der Waals surface area contributed by atoms with Crippen molar-refractivity contribution in [2.24, 2.45) is 4.99 Å². The summed E-state index contributed by atoms with van der Waals surface area (Å²) in [4.78, 5) is 4.16. The number of benzene rings is 1. The summed E-state index contributed by atoms with van der Waals surface area (Å²) in [7, 11) is 0. The molecule has 80 valence electrons. The Kier molecular flexibility index (Phi) is 3.00. The van der Waals surface area contributed by atoms with Crippen molar-refractivity contribution in [3.05, 3.63) is 28.2 Å². The number of hydrogen-bond donors (Lipinski definition) is 1. The molecule has 1 N–H and O–H groups in total. The molecule has 0 fully saturated rings. The molecule has 2 rings (SSSR count).